The summed E-state index contributed by atoms with van der Waals surface area (Å²) in [5, 5.41) is 0. The van der Waals surface area contributed by atoms with Gasteiger partial charge >= 0.3 is 0 Å². The fourth-order valence-electron chi connectivity index (χ4n) is 1.97. The van der Waals surface area contributed by atoms with Crippen molar-refractivity contribution in [3.8, 4) is 11.5 Å². The highest BCUT2D eigenvalue weighted by atomic mass is 32.2. The summed E-state index contributed by atoms with van der Waals surface area (Å²) in [5.74, 6) is 1.58. The van der Waals surface area contributed by atoms with E-state index in [1.54, 1.807) is 12.1 Å². The first kappa shape index (κ1) is 9.03. The van der Waals surface area contributed by atoms with Crippen LogP contribution >= 0.6 is 0 Å². The van der Waals surface area contributed by atoms with Gasteiger partial charge in [0.05, 0.1) is 11.5 Å². The first-order valence-corrected chi connectivity index (χ1v) is 6.58. The monoisotopic (exact) mass is 226 g/mol. The quantitative estimate of drug-likeness (QED) is 0.659. The Bertz CT molecular complexity index is 477. The Morgan fingerprint density at radius 3 is 1.87 bits per heavy atom. The molecule has 3 rings (SSSR count). The van der Waals surface area contributed by atoms with E-state index in [0.717, 1.165) is 11.1 Å². The molecule has 0 aliphatic carbocycles. The first-order valence-electron chi connectivity index (χ1n) is 4.76. The molecule has 0 amide bonds. The SMILES string of the molecule is O=S1(=O)Cc2cc3c(cc2C1)OCCO3. The maximum Gasteiger partial charge on any atom is 0.161 e. The van der Waals surface area contributed by atoms with Gasteiger partial charge in [-0.15, -0.1) is 0 Å². The van der Waals surface area contributed by atoms with E-state index in [4.69, 9.17) is 9.47 Å². The van der Waals surface area contributed by atoms with E-state index in [1.807, 2.05) is 0 Å². The molecule has 0 bridgehead atoms. The second kappa shape index (κ2) is 2.88. The van der Waals surface area contributed by atoms with Crippen LogP contribution in [0.5, 0.6) is 11.5 Å². The molecule has 1 aromatic rings. The molecular formula is C10H10O4S. The fraction of sp³-hybridized carbons (Fsp3) is 0.400. The van der Waals surface area contributed by atoms with Crippen LogP contribution in [0.3, 0.4) is 0 Å². The van der Waals surface area contributed by atoms with Gasteiger partial charge in [0, 0.05) is 0 Å². The molecule has 0 aromatic heterocycles. The summed E-state index contributed by atoms with van der Waals surface area (Å²) in [5.41, 5.74) is 1.69. The summed E-state index contributed by atoms with van der Waals surface area (Å²) >= 11 is 0. The molecule has 0 radical (unpaired) electrons. The Hall–Kier alpha value is -1.23. The Balaban J connectivity index is 2.12. The smallest absolute Gasteiger partial charge is 0.161 e. The van der Waals surface area contributed by atoms with Gasteiger partial charge < -0.3 is 9.47 Å². The van der Waals surface area contributed by atoms with Gasteiger partial charge in [0.2, 0.25) is 0 Å². The molecule has 15 heavy (non-hydrogen) atoms. The average molecular weight is 226 g/mol. The van der Waals surface area contributed by atoms with E-state index in [2.05, 4.69) is 0 Å². The minimum absolute atomic E-state index is 0.124. The zero-order valence-electron chi connectivity index (χ0n) is 8.02. The molecule has 0 saturated carbocycles. The van der Waals surface area contributed by atoms with Gasteiger partial charge in [0.1, 0.15) is 13.2 Å². The minimum Gasteiger partial charge on any atom is -0.486 e. The highest BCUT2D eigenvalue weighted by Gasteiger charge is 2.27. The molecule has 4 nitrogen and oxygen atoms in total. The molecule has 0 atom stereocenters. The van der Waals surface area contributed by atoms with E-state index in [-0.39, 0.29) is 11.5 Å². The third-order valence-corrected chi connectivity index (χ3v) is 4.12. The fourth-order valence-corrected chi connectivity index (χ4v) is 3.55. The van der Waals surface area contributed by atoms with Gasteiger partial charge in [0.15, 0.2) is 21.3 Å². The minimum atomic E-state index is -2.95. The Morgan fingerprint density at radius 1 is 0.933 bits per heavy atom. The van der Waals surface area contributed by atoms with Gasteiger partial charge in [-0.2, -0.15) is 0 Å². The van der Waals surface area contributed by atoms with Crippen molar-refractivity contribution in [2.45, 2.75) is 11.5 Å². The van der Waals surface area contributed by atoms with Crippen LogP contribution in [0.1, 0.15) is 11.1 Å². The number of hydrogen-bond donors (Lipinski definition) is 0. The molecule has 0 spiro atoms. The predicted molar refractivity (Wildman–Crippen MR) is 53.8 cm³/mol. The second-order valence-electron chi connectivity index (χ2n) is 3.80. The number of sulfone groups is 1. The van der Waals surface area contributed by atoms with Crippen molar-refractivity contribution in [3.05, 3.63) is 23.3 Å². The maximum absolute atomic E-state index is 11.4. The molecule has 0 unspecified atom stereocenters. The lowest BCUT2D eigenvalue weighted by Crippen LogP contribution is -2.15. The Labute approximate surface area is 87.7 Å². The zero-order chi connectivity index (χ0) is 10.5. The molecule has 0 fully saturated rings. The second-order valence-corrected chi connectivity index (χ2v) is 5.86. The summed E-state index contributed by atoms with van der Waals surface area (Å²) in [6.45, 7) is 1.05. The summed E-state index contributed by atoms with van der Waals surface area (Å²) < 4.78 is 33.6. The van der Waals surface area contributed by atoms with Crippen LogP contribution in [-0.2, 0) is 21.3 Å². The molecule has 2 aliphatic heterocycles. The topological polar surface area (TPSA) is 52.6 Å². The summed E-state index contributed by atoms with van der Waals surface area (Å²) in [6, 6.07) is 3.57. The zero-order valence-corrected chi connectivity index (χ0v) is 8.84. The van der Waals surface area contributed by atoms with E-state index < -0.39 is 9.84 Å². The highest BCUT2D eigenvalue weighted by Crippen LogP contribution is 2.37. The molecule has 0 N–H and O–H groups in total. The molecular weight excluding hydrogens is 216 g/mol. The Morgan fingerprint density at radius 2 is 1.40 bits per heavy atom. The number of benzene rings is 1. The molecule has 2 aliphatic rings. The number of rotatable bonds is 0. The van der Waals surface area contributed by atoms with E-state index in [9.17, 15) is 8.42 Å². The van der Waals surface area contributed by atoms with E-state index in [0.29, 0.717) is 24.7 Å². The van der Waals surface area contributed by atoms with E-state index >= 15 is 0 Å². The third kappa shape index (κ3) is 1.47. The van der Waals surface area contributed by atoms with Gasteiger partial charge in [-0.3, -0.25) is 0 Å². The summed E-state index contributed by atoms with van der Waals surface area (Å²) in [7, 11) is -2.95. The standard InChI is InChI=1S/C10H10O4S/c11-15(12)5-7-3-9-10(4-8(7)6-15)14-2-1-13-9/h3-4H,1-2,5-6H2. The molecule has 80 valence electrons. The lowest BCUT2D eigenvalue weighted by atomic mass is 10.1. The number of fused-ring (bicyclic) bond motifs is 2. The van der Waals surface area contributed by atoms with Crippen molar-refractivity contribution < 1.29 is 17.9 Å². The number of ether oxygens (including phenoxy) is 2. The summed E-state index contributed by atoms with van der Waals surface area (Å²) in [4.78, 5) is 0. The van der Waals surface area contributed by atoms with Crippen LogP contribution in [-0.4, -0.2) is 21.6 Å². The van der Waals surface area contributed by atoms with Crippen LogP contribution in [0, 0.1) is 0 Å². The maximum atomic E-state index is 11.4. The average Bonchev–Trinajstić information content (AvgIpc) is 2.46. The van der Waals surface area contributed by atoms with Gasteiger partial charge in [-0.1, -0.05) is 0 Å². The van der Waals surface area contributed by atoms with Crippen LogP contribution in [0.4, 0.5) is 0 Å². The van der Waals surface area contributed by atoms with E-state index in [1.165, 1.54) is 0 Å². The molecule has 2 heterocycles. The van der Waals surface area contributed by atoms with Crippen LogP contribution in [0.25, 0.3) is 0 Å². The van der Waals surface area contributed by atoms with Crippen molar-refractivity contribution in [3.63, 3.8) is 0 Å². The Kier molecular flexibility index (Phi) is 1.74. The third-order valence-electron chi connectivity index (χ3n) is 2.62. The van der Waals surface area contributed by atoms with Crippen molar-refractivity contribution >= 4 is 9.84 Å². The van der Waals surface area contributed by atoms with Crippen LogP contribution < -0.4 is 9.47 Å². The number of hydrogen-bond acceptors (Lipinski definition) is 4. The molecule has 5 heteroatoms. The normalized spacial score (nSPS) is 21.1. The van der Waals surface area contributed by atoms with Crippen LogP contribution in [0.15, 0.2) is 12.1 Å². The summed E-state index contributed by atoms with van der Waals surface area (Å²) in [6.07, 6.45) is 0. The lowest BCUT2D eigenvalue weighted by Gasteiger charge is -2.19. The highest BCUT2D eigenvalue weighted by molar-refractivity contribution is 7.90. The largest absolute Gasteiger partial charge is 0.486 e. The van der Waals surface area contributed by atoms with Gasteiger partial charge in [-0.05, 0) is 23.3 Å². The van der Waals surface area contributed by atoms with Gasteiger partial charge in [0.25, 0.3) is 0 Å². The lowest BCUT2D eigenvalue weighted by molar-refractivity contribution is 0.171. The van der Waals surface area contributed by atoms with Gasteiger partial charge in [-0.25, -0.2) is 8.42 Å². The molecule has 0 saturated heterocycles. The van der Waals surface area contributed by atoms with Crippen molar-refractivity contribution in [1.29, 1.82) is 0 Å². The van der Waals surface area contributed by atoms with Crippen molar-refractivity contribution in [2.75, 3.05) is 13.2 Å². The molecule has 1 aromatic carbocycles. The predicted octanol–water partition coefficient (Wildman–Crippen LogP) is 0.886. The van der Waals surface area contributed by atoms with Crippen molar-refractivity contribution in [2.24, 2.45) is 0 Å². The van der Waals surface area contributed by atoms with Crippen molar-refractivity contribution in [1.82, 2.24) is 0 Å². The first-order chi connectivity index (χ1) is 7.14. The van der Waals surface area contributed by atoms with Crippen LogP contribution in [0.2, 0.25) is 0 Å².